The van der Waals surface area contributed by atoms with Crippen molar-refractivity contribution in [1.29, 1.82) is 0 Å². The lowest BCUT2D eigenvalue weighted by atomic mass is 9.94. The largest absolute Gasteiger partial charge is 0.481 e. The lowest BCUT2D eigenvalue weighted by molar-refractivity contribution is -0.142. The van der Waals surface area contributed by atoms with Gasteiger partial charge in [-0.25, -0.2) is 0 Å². The van der Waals surface area contributed by atoms with Crippen molar-refractivity contribution in [3.8, 4) is 0 Å². The van der Waals surface area contributed by atoms with Gasteiger partial charge in [-0.1, -0.05) is 13.8 Å². The van der Waals surface area contributed by atoms with Gasteiger partial charge < -0.3 is 15.1 Å². The zero-order valence-electron chi connectivity index (χ0n) is 11.6. The first-order valence-corrected chi connectivity index (χ1v) is 7.02. The van der Waals surface area contributed by atoms with Crippen LogP contribution < -0.4 is 0 Å². The molecule has 3 atom stereocenters. The maximum absolute atomic E-state index is 12.4. The molecule has 1 aliphatic carbocycles. The molecule has 1 heterocycles. The first-order chi connectivity index (χ1) is 8.89. The Kier molecular flexibility index (Phi) is 3.85. The molecule has 0 aromatic rings. The predicted octanol–water partition coefficient (Wildman–Crippen LogP) is 0.964. The number of aliphatic hydroxyl groups excluding tert-OH is 1. The Bertz CT molecular complexity index is 378. The van der Waals surface area contributed by atoms with Gasteiger partial charge in [0.25, 0.3) is 0 Å². The Labute approximate surface area is 113 Å². The smallest absolute Gasteiger partial charge is 0.307 e. The summed E-state index contributed by atoms with van der Waals surface area (Å²) in [6.45, 7) is 5.24. The first-order valence-electron chi connectivity index (χ1n) is 7.02. The summed E-state index contributed by atoms with van der Waals surface area (Å²) in [4.78, 5) is 25.4. The lowest BCUT2D eigenvalue weighted by Crippen LogP contribution is -2.41. The van der Waals surface area contributed by atoms with Crippen LogP contribution in [0.4, 0.5) is 0 Å². The Morgan fingerprint density at radius 2 is 2.00 bits per heavy atom. The summed E-state index contributed by atoms with van der Waals surface area (Å²) in [5.74, 6) is -1.45. The number of carboxylic acids is 1. The molecular formula is C14H23NO4. The molecule has 5 nitrogen and oxygen atoms in total. The number of hydrogen-bond donors (Lipinski definition) is 2. The fraction of sp³-hybridized carbons (Fsp3) is 0.857. The van der Waals surface area contributed by atoms with Crippen molar-refractivity contribution in [1.82, 2.24) is 4.90 Å². The molecule has 1 saturated carbocycles. The van der Waals surface area contributed by atoms with E-state index in [1.165, 1.54) is 0 Å². The molecule has 2 aliphatic rings. The van der Waals surface area contributed by atoms with Crippen LogP contribution in [0, 0.1) is 23.2 Å². The van der Waals surface area contributed by atoms with E-state index in [9.17, 15) is 9.59 Å². The number of rotatable bonds is 4. The van der Waals surface area contributed by atoms with E-state index in [2.05, 4.69) is 0 Å². The summed E-state index contributed by atoms with van der Waals surface area (Å²) in [6, 6.07) is 0. The van der Waals surface area contributed by atoms with Crippen LogP contribution in [0.25, 0.3) is 0 Å². The van der Waals surface area contributed by atoms with Crippen LogP contribution in [0.5, 0.6) is 0 Å². The third-order valence-corrected chi connectivity index (χ3v) is 4.73. The van der Waals surface area contributed by atoms with Crippen LogP contribution in [0.1, 0.15) is 33.1 Å². The van der Waals surface area contributed by atoms with E-state index < -0.39 is 17.3 Å². The van der Waals surface area contributed by atoms with Gasteiger partial charge in [0.15, 0.2) is 0 Å². The average Bonchev–Trinajstić information content (AvgIpc) is 2.92. The minimum Gasteiger partial charge on any atom is -0.481 e. The quantitative estimate of drug-likeness (QED) is 0.797. The molecule has 1 saturated heterocycles. The van der Waals surface area contributed by atoms with Gasteiger partial charge in [-0.15, -0.1) is 0 Å². The highest BCUT2D eigenvalue weighted by Crippen LogP contribution is 2.59. The van der Waals surface area contributed by atoms with Crippen LogP contribution in [0.15, 0.2) is 0 Å². The van der Waals surface area contributed by atoms with Gasteiger partial charge in [-0.3, -0.25) is 9.59 Å². The average molecular weight is 269 g/mol. The van der Waals surface area contributed by atoms with Gasteiger partial charge in [-0.05, 0) is 30.6 Å². The van der Waals surface area contributed by atoms with E-state index in [4.69, 9.17) is 10.2 Å². The van der Waals surface area contributed by atoms with E-state index >= 15 is 0 Å². The molecule has 19 heavy (non-hydrogen) atoms. The van der Waals surface area contributed by atoms with Crippen LogP contribution in [-0.4, -0.2) is 46.7 Å². The normalized spacial score (nSPS) is 33.0. The third kappa shape index (κ3) is 2.61. The van der Waals surface area contributed by atoms with Gasteiger partial charge in [0.2, 0.25) is 5.91 Å². The van der Waals surface area contributed by atoms with Crippen LogP contribution in [0.3, 0.4) is 0 Å². The van der Waals surface area contributed by atoms with Crippen LogP contribution >= 0.6 is 0 Å². The molecule has 0 spiro atoms. The Balaban J connectivity index is 1.99. The van der Waals surface area contributed by atoms with Gasteiger partial charge in [0, 0.05) is 19.7 Å². The Morgan fingerprint density at radius 1 is 1.32 bits per heavy atom. The molecule has 1 aliphatic heterocycles. The predicted molar refractivity (Wildman–Crippen MR) is 69.4 cm³/mol. The number of aliphatic carboxylic acids is 1. The molecule has 2 fully saturated rings. The molecule has 108 valence electrons. The van der Waals surface area contributed by atoms with Gasteiger partial charge >= 0.3 is 5.97 Å². The minimum absolute atomic E-state index is 0.0139. The molecular weight excluding hydrogens is 246 g/mol. The molecule has 0 bridgehead atoms. The van der Waals surface area contributed by atoms with Crippen molar-refractivity contribution >= 4 is 11.9 Å². The van der Waals surface area contributed by atoms with E-state index in [-0.39, 0.29) is 18.4 Å². The highest BCUT2D eigenvalue weighted by Gasteiger charge is 2.66. The molecule has 1 unspecified atom stereocenters. The number of aliphatic hydroxyl groups is 1. The monoisotopic (exact) mass is 269 g/mol. The standard InChI is InChI=1S/C14H23NO4/c1-14(2)10(11(14)13(18)19)12(17)15-6-3-4-9(8-15)5-7-16/h9-11,16H,3-8H2,1-2H3,(H,18,19)/t9?,10-,11+/m1/s1. The van der Waals surface area contributed by atoms with Crippen LogP contribution in [0.2, 0.25) is 0 Å². The molecule has 2 N–H and O–H groups in total. The van der Waals surface area contributed by atoms with E-state index in [0.717, 1.165) is 25.8 Å². The second-order valence-electron chi connectivity index (χ2n) is 6.42. The molecule has 0 aromatic carbocycles. The van der Waals surface area contributed by atoms with E-state index in [1.54, 1.807) is 4.90 Å². The fourth-order valence-electron chi connectivity index (χ4n) is 3.44. The summed E-state index contributed by atoms with van der Waals surface area (Å²) in [5, 5.41) is 18.1. The van der Waals surface area contributed by atoms with Gasteiger partial charge in [0.1, 0.15) is 0 Å². The van der Waals surface area contributed by atoms with E-state index in [0.29, 0.717) is 12.5 Å². The number of carbonyl (C=O) groups excluding carboxylic acids is 1. The molecule has 1 amide bonds. The van der Waals surface area contributed by atoms with Crippen molar-refractivity contribution in [3.63, 3.8) is 0 Å². The van der Waals surface area contributed by atoms with Crippen LogP contribution in [-0.2, 0) is 9.59 Å². The number of carboxylic acid groups (broad SMARTS) is 1. The summed E-state index contributed by atoms with van der Waals surface area (Å²) >= 11 is 0. The number of carbonyl (C=O) groups is 2. The topological polar surface area (TPSA) is 77.8 Å². The summed E-state index contributed by atoms with van der Waals surface area (Å²) in [6.07, 6.45) is 2.71. The second kappa shape index (κ2) is 5.12. The van der Waals surface area contributed by atoms with Crippen molar-refractivity contribution in [2.75, 3.05) is 19.7 Å². The highest BCUT2D eigenvalue weighted by molar-refractivity contribution is 5.91. The third-order valence-electron chi connectivity index (χ3n) is 4.73. The summed E-state index contributed by atoms with van der Waals surface area (Å²) in [5.41, 5.74) is -0.424. The molecule has 0 aromatic heterocycles. The summed E-state index contributed by atoms with van der Waals surface area (Å²) < 4.78 is 0. The molecule has 0 radical (unpaired) electrons. The van der Waals surface area contributed by atoms with Crippen molar-refractivity contribution in [3.05, 3.63) is 0 Å². The second-order valence-corrected chi connectivity index (χ2v) is 6.42. The molecule has 2 rings (SSSR count). The number of piperidine rings is 1. The highest BCUT2D eigenvalue weighted by atomic mass is 16.4. The maximum Gasteiger partial charge on any atom is 0.307 e. The number of amides is 1. The number of hydrogen-bond acceptors (Lipinski definition) is 3. The Hall–Kier alpha value is -1.10. The van der Waals surface area contributed by atoms with Crippen molar-refractivity contribution in [2.24, 2.45) is 23.2 Å². The first kappa shape index (κ1) is 14.3. The SMILES string of the molecule is CC1(C)[C@H](C(=O)O)[C@@H]1C(=O)N1CCCC(CCO)C1. The zero-order valence-corrected chi connectivity index (χ0v) is 11.6. The van der Waals surface area contributed by atoms with E-state index in [1.807, 2.05) is 13.8 Å². The summed E-state index contributed by atoms with van der Waals surface area (Å²) in [7, 11) is 0. The van der Waals surface area contributed by atoms with Gasteiger partial charge in [0.05, 0.1) is 11.8 Å². The van der Waals surface area contributed by atoms with Crippen molar-refractivity contribution < 1.29 is 19.8 Å². The van der Waals surface area contributed by atoms with Gasteiger partial charge in [-0.2, -0.15) is 0 Å². The number of nitrogens with zero attached hydrogens (tertiary/aromatic N) is 1. The fourth-order valence-corrected chi connectivity index (χ4v) is 3.44. The lowest BCUT2D eigenvalue weighted by Gasteiger charge is -2.33. The Morgan fingerprint density at radius 3 is 2.53 bits per heavy atom. The maximum atomic E-state index is 12.4. The van der Waals surface area contributed by atoms with Crippen molar-refractivity contribution in [2.45, 2.75) is 33.1 Å². The minimum atomic E-state index is -0.868. The molecule has 5 heteroatoms. The number of likely N-dealkylation sites (tertiary alicyclic amines) is 1. The zero-order chi connectivity index (χ0) is 14.2.